The second kappa shape index (κ2) is 9.28. The van der Waals surface area contributed by atoms with Crippen molar-refractivity contribution in [2.75, 3.05) is 5.32 Å². The molecular weight excluding hydrogens is 372 g/mol. The summed E-state index contributed by atoms with van der Waals surface area (Å²) in [6, 6.07) is 17.9. The zero-order chi connectivity index (χ0) is 19.9. The summed E-state index contributed by atoms with van der Waals surface area (Å²) in [5.74, 6) is 0.123. The Morgan fingerprint density at radius 1 is 0.964 bits per heavy atom. The van der Waals surface area contributed by atoms with Gasteiger partial charge in [-0.05, 0) is 48.5 Å². The highest BCUT2D eigenvalue weighted by atomic mass is 32.2. The molecule has 3 aromatic rings. The first-order valence-corrected chi connectivity index (χ1v) is 9.88. The maximum Gasteiger partial charge on any atom is 0.255 e. The molecule has 0 aliphatic carbocycles. The predicted octanol–water partition coefficient (Wildman–Crippen LogP) is 4.96. The molecule has 0 unspecified atom stereocenters. The van der Waals surface area contributed by atoms with E-state index in [1.54, 1.807) is 66.6 Å². The van der Waals surface area contributed by atoms with Crippen LogP contribution in [0, 0.1) is 0 Å². The third-order valence-electron chi connectivity index (χ3n) is 3.91. The van der Waals surface area contributed by atoms with Crippen LogP contribution in [0.15, 0.2) is 76.2 Å². The molecule has 6 heteroatoms. The average Bonchev–Trinajstić information content (AvgIpc) is 3.20. The first kappa shape index (κ1) is 19.8. The standard InChI is InChI=1S/C22H22N2O3S/c1-15(2)28-18-11-9-16(10-12-18)21(25)24-20-8-4-3-7-19(20)22(26)23-14-17-6-5-13-27-17/h3-13,15H,14H2,1-2H3,(H,23,26)(H,24,25). The number of rotatable bonds is 7. The van der Waals surface area contributed by atoms with Crippen LogP contribution in [0.25, 0.3) is 0 Å². The Kier molecular flexibility index (Phi) is 6.55. The number of hydrogen-bond acceptors (Lipinski definition) is 4. The number of anilines is 1. The molecule has 144 valence electrons. The van der Waals surface area contributed by atoms with Gasteiger partial charge in [0.2, 0.25) is 0 Å². The molecule has 2 amide bonds. The molecule has 0 radical (unpaired) electrons. The zero-order valence-electron chi connectivity index (χ0n) is 15.8. The minimum absolute atomic E-state index is 0.257. The van der Waals surface area contributed by atoms with Crippen LogP contribution in [0.3, 0.4) is 0 Å². The fourth-order valence-electron chi connectivity index (χ4n) is 2.62. The summed E-state index contributed by atoms with van der Waals surface area (Å²) >= 11 is 1.74. The lowest BCUT2D eigenvalue weighted by molar-refractivity contribution is 0.0949. The highest BCUT2D eigenvalue weighted by molar-refractivity contribution is 7.99. The molecule has 0 saturated carbocycles. The fourth-order valence-corrected chi connectivity index (χ4v) is 3.45. The third-order valence-corrected chi connectivity index (χ3v) is 4.93. The van der Waals surface area contributed by atoms with Crippen LogP contribution >= 0.6 is 11.8 Å². The maximum absolute atomic E-state index is 12.6. The molecule has 0 atom stereocenters. The third kappa shape index (κ3) is 5.27. The number of furan rings is 1. The molecule has 2 aromatic carbocycles. The smallest absolute Gasteiger partial charge is 0.255 e. The molecule has 1 aromatic heterocycles. The van der Waals surface area contributed by atoms with Crippen molar-refractivity contribution >= 4 is 29.3 Å². The lowest BCUT2D eigenvalue weighted by atomic mass is 10.1. The van der Waals surface area contributed by atoms with E-state index in [1.165, 1.54) is 0 Å². The quantitative estimate of drug-likeness (QED) is 0.556. The van der Waals surface area contributed by atoms with Gasteiger partial charge in [0, 0.05) is 15.7 Å². The molecule has 0 aliphatic heterocycles. The first-order chi connectivity index (χ1) is 13.5. The van der Waals surface area contributed by atoms with E-state index in [0.29, 0.717) is 27.8 Å². The van der Waals surface area contributed by atoms with Gasteiger partial charge in [-0.2, -0.15) is 0 Å². The summed E-state index contributed by atoms with van der Waals surface area (Å²) in [6.45, 7) is 4.53. The monoisotopic (exact) mass is 394 g/mol. The van der Waals surface area contributed by atoms with Gasteiger partial charge in [0.25, 0.3) is 11.8 Å². The van der Waals surface area contributed by atoms with Crippen LogP contribution in [-0.2, 0) is 6.54 Å². The van der Waals surface area contributed by atoms with Gasteiger partial charge in [-0.25, -0.2) is 0 Å². The molecule has 0 saturated heterocycles. The van der Waals surface area contributed by atoms with E-state index in [1.807, 2.05) is 12.1 Å². The highest BCUT2D eigenvalue weighted by Gasteiger charge is 2.14. The predicted molar refractivity (Wildman–Crippen MR) is 112 cm³/mol. The zero-order valence-corrected chi connectivity index (χ0v) is 16.6. The van der Waals surface area contributed by atoms with E-state index in [-0.39, 0.29) is 18.4 Å². The Balaban J connectivity index is 1.68. The Morgan fingerprint density at radius 2 is 1.71 bits per heavy atom. The number of hydrogen-bond donors (Lipinski definition) is 2. The van der Waals surface area contributed by atoms with E-state index in [4.69, 9.17) is 4.42 Å². The van der Waals surface area contributed by atoms with Gasteiger partial charge in [-0.1, -0.05) is 26.0 Å². The maximum atomic E-state index is 12.6. The van der Waals surface area contributed by atoms with Crippen LogP contribution in [-0.4, -0.2) is 17.1 Å². The van der Waals surface area contributed by atoms with Gasteiger partial charge in [0.15, 0.2) is 0 Å². The molecule has 1 heterocycles. The Bertz CT molecular complexity index is 935. The van der Waals surface area contributed by atoms with Crippen LogP contribution in [0.1, 0.15) is 40.3 Å². The molecule has 2 N–H and O–H groups in total. The van der Waals surface area contributed by atoms with Crippen molar-refractivity contribution in [2.24, 2.45) is 0 Å². The number of carbonyl (C=O) groups is 2. The molecule has 28 heavy (non-hydrogen) atoms. The Labute approximate surface area is 168 Å². The number of carbonyl (C=O) groups excluding carboxylic acids is 2. The molecular formula is C22H22N2O3S. The molecule has 5 nitrogen and oxygen atoms in total. The summed E-state index contributed by atoms with van der Waals surface area (Å²) in [4.78, 5) is 26.2. The van der Waals surface area contributed by atoms with Gasteiger partial charge in [-0.3, -0.25) is 9.59 Å². The van der Waals surface area contributed by atoms with Gasteiger partial charge >= 0.3 is 0 Å². The summed E-state index contributed by atoms with van der Waals surface area (Å²) in [7, 11) is 0. The van der Waals surface area contributed by atoms with E-state index in [0.717, 1.165) is 4.90 Å². The number of benzene rings is 2. The molecule has 0 bridgehead atoms. The highest BCUT2D eigenvalue weighted by Crippen LogP contribution is 2.23. The summed E-state index contributed by atoms with van der Waals surface area (Å²) < 4.78 is 5.22. The van der Waals surface area contributed by atoms with E-state index in [9.17, 15) is 9.59 Å². The number of para-hydroxylation sites is 1. The van der Waals surface area contributed by atoms with Gasteiger partial charge in [0.1, 0.15) is 5.76 Å². The Morgan fingerprint density at radius 3 is 2.39 bits per heavy atom. The SMILES string of the molecule is CC(C)Sc1ccc(C(=O)Nc2ccccc2C(=O)NCc2ccco2)cc1. The average molecular weight is 394 g/mol. The summed E-state index contributed by atoms with van der Waals surface area (Å²) in [5.41, 5.74) is 1.40. The fraction of sp³-hybridized carbons (Fsp3) is 0.182. The van der Waals surface area contributed by atoms with Crippen molar-refractivity contribution < 1.29 is 14.0 Å². The Hall–Kier alpha value is -2.99. The normalized spacial score (nSPS) is 10.7. The largest absolute Gasteiger partial charge is 0.467 e. The summed E-state index contributed by atoms with van der Waals surface area (Å²) in [5, 5.41) is 6.10. The second-order valence-corrected chi connectivity index (χ2v) is 8.10. The van der Waals surface area contributed by atoms with E-state index >= 15 is 0 Å². The van der Waals surface area contributed by atoms with Crippen molar-refractivity contribution in [2.45, 2.75) is 30.5 Å². The van der Waals surface area contributed by atoms with Gasteiger partial charge < -0.3 is 15.1 Å². The van der Waals surface area contributed by atoms with Gasteiger partial charge in [0.05, 0.1) is 24.1 Å². The molecule has 0 fully saturated rings. The first-order valence-electron chi connectivity index (χ1n) is 9.00. The van der Waals surface area contributed by atoms with Crippen LogP contribution in [0.4, 0.5) is 5.69 Å². The summed E-state index contributed by atoms with van der Waals surface area (Å²) in [6.07, 6.45) is 1.56. The molecule has 0 spiro atoms. The topological polar surface area (TPSA) is 71.3 Å². The second-order valence-electron chi connectivity index (χ2n) is 6.45. The van der Waals surface area contributed by atoms with Gasteiger partial charge in [-0.15, -0.1) is 11.8 Å². The lowest BCUT2D eigenvalue weighted by Gasteiger charge is -2.11. The van der Waals surface area contributed by atoms with Crippen molar-refractivity contribution in [3.05, 3.63) is 83.8 Å². The van der Waals surface area contributed by atoms with Crippen molar-refractivity contribution in [1.29, 1.82) is 0 Å². The van der Waals surface area contributed by atoms with E-state index < -0.39 is 0 Å². The number of amides is 2. The number of thioether (sulfide) groups is 1. The van der Waals surface area contributed by atoms with Crippen molar-refractivity contribution in [3.8, 4) is 0 Å². The van der Waals surface area contributed by atoms with E-state index in [2.05, 4.69) is 24.5 Å². The van der Waals surface area contributed by atoms with Crippen molar-refractivity contribution in [3.63, 3.8) is 0 Å². The van der Waals surface area contributed by atoms with Crippen LogP contribution < -0.4 is 10.6 Å². The minimum atomic E-state index is -0.281. The molecule has 0 aliphatic rings. The lowest BCUT2D eigenvalue weighted by Crippen LogP contribution is -2.24. The number of nitrogens with one attached hydrogen (secondary N) is 2. The van der Waals surface area contributed by atoms with Crippen LogP contribution in [0.5, 0.6) is 0 Å². The van der Waals surface area contributed by atoms with Crippen molar-refractivity contribution in [1.82, 2.24) is 5.32 Å². The van der Waals surface area contributed by atoms with Crippen LogP contribution in [0.2, 0.25) is 0 Å². The minimum Gasteiger partial charge on any atom is -0.467 e. The molecule has 3 rings (SSSR count).